The van der Waals surface area contributed by atoms with Crippen LogP contribution in [-0.4, -0.2) is 25.8 Å². The summed E-state index contributed by atoms with van der Waals surface area (Å²) in [6.07, 6.45) is 5.28. The predicted octanol–water partition coefficient (Wildman–Crippen LogP) is 2.98. The smallest absolute Gasteiger partial charge is 0.207 e. The zero-order valence-electron chi connectivity index (χ0n) is 12.0. The van der Waals surface area contributed by atoms with Gasteiger partial charge < -0.3 is 0 Å². The molecule has 0 saturated carbocycles. The van der Waals surface area contributed by atoms with E-state index in [0.29, 0.717) is 4.90 Å². The predicted molar refractivity (Wildman–Crippen MR) is 77.8 cm³/mol. The highest BCUT2D eigenvalue weighted by Gasteiger charge is 2.25. The van der Waals surface area contributed by atoms with Crippen molar-refractivity contribution >= 4 is 10.0 Å². The van der Waals surface area contributed by atoms with Crippen LogP contribution in [0, 0.1) is 0 Å². The molecule has 4 heteroatoms. The lowest BCUT2D eigenvalue weighted by Crippen LogP contribution is -2.34. The monoisotopic (exact) mass is 281 g/mol. The zero-order chi connectivity index (χ0) is 14.0. The van der Waals surface area contributed by atoms with Crippen LogP contribution in [0.25, 0.3) is 0 Å². The molecule has 0 bridgehead atoms. The van der Waals surface area contributed by atoms with Crippen molar-refractivity contribution in [3.8, 4) is 0 Å². The second kappa shape index (κ2) is 5.63. The number of hydrogen-bond donors (Lipinski definition) is 0. The van der Waals surface area contributed by atoms with E-state index in [1.165, 1.54) is 21.9 Å². The summed E-state index contributed by atoms with van der Waals surface area (Å²) < 4.78 is 26.6. The van der Waals surface area contributed by atoms with E-state index in [1.807, 2.05) is 26.0 Å². The standard InChI is InChI=1S/C15H23NO2S/c1-4-12(2)16(3)19(17,18)15-10-9-13-7-5-6-8-14(13)11-15/h9-12H,4-8H2,1-3H3. The van der Waals surface area contributed by atoms with Gasteiger partial charge in [-0.2, -0.15) is 4.31 Å². The molecule has 1 aromatic rings. The van der Waals surface area contributed by atoms with Crippen molar-refractivity contribution in [1.29, 1.82) is 0 Å². The molecule has 0 radical (unpaired) electrons. The topological polar surface area (TPSA) is 37.4 Å². The third-order valence-corrected chi connectivity index (χ3v) is 6.18. The first-order valence-electron chi connectivity index (χ1n) is 7.06. The number of aryl methyl sites for hydroxylation is 2. The number of fused-ring (bicyclic) bond motifs is 1. The molecule has 1 atom stereocenters. The van der Waals surface area contributed by atoms with Crippen LogP contribution in [0.2, 0.25) is 0 Å². The van der Waals surface area contributed by atoms with Crippen LogP contribution in [-0.2, 0) is 22.9 Å². The van der Waals surface area contributed by atoms with Gasteiger partial charge in [-0.05, 0) is 62.3 Å². The van der Waals surface area contributed by atoms with Gasteiger partial charge in [0.2, 0.25) is 10.0 Å². The number of rotatable bonds is 4. The fourth-order valence-electron chi connectivity index (χ4n) is 2.53. The summed E-state index contributed by atoms with van der Waals surface area (Å²) in [6, 6.07) is 5.66. The van der Waals surface area contributed by atoms with Gasteiger partial charge in [-0.3, -0.25) is 0 Å². The maximum Gasteiger partial charge on any atom is 0.243 e. The fraction of sp³-hybridized carbons (Fsp3) is 0.600. The van der Waals surface area contributed by atoms with Gasteiger partial charge in [0.1, 0.15) is 0 Å². The van der Waals surface area contributed by atoms with E-state index in [2.05, 4.69) is 0 Å². The number of hydrogen-bond acceptors (Lipinski definition) is 2. The molecule has 1 aromatic carbocycles. The van der Waals surface area contributed by atoms with E-state index < -0.39 is 10.0 Å². The summed E-state index contributed by atoms with van der Waals surface area (Å²) in [5.74, 6) is 0. The van der Waals surface area contributed by atoms with Gasteiger partial charge in [0.15, 0.2) is 0 Å². The van der Waals surface area contributed by atoms with E-state index in [9.17, 15) is 8.42 Å². The molecule has 3 nitrogen and oxygen atoms in total. The van der Waals surface area contributed by atoms with Gasteiger partial charge in [-0.25, -0.2) is 8.42 Å². The summed E-state index contributed by atoms with van der Waals surface area (Å²) in [5, 5.41) is 0. The molecule has 1 aliphatic carbocycles. The molecular weight excluding hydrogens is 258 g/mol. The van der Waals surface area contributed by atoms with Crippen molar-refractivity contribution < 1.29 is 8.42 Å². The van der Waals surface area contributed by atoms with E-state index in [4.69, 9.17) is 0 Å². The van der Waals surface area contributed by atoms with Crippen molar-refractivity contribution in [2.75, 3.05) is 7.05 Å². The Bertz CT molecular complexity index is 551. The minimum Gasteiger partial charge on any atom is -0.207 e. The second-order valence-electron chi connectivity index (χ2n) is 5.42. The SMILES string of the molecule is CCC(C)N(C)S(=O)(=O)c1ccc2c(c1)CCCC2. The maximum absolute atomic E-state index is 12.5. The van der Waals surface area contributed by atoms with Crippen molar-refractivity contribution in [3.63, 3.8) is 0 Å². The average molecular weight is 281 g/mol. The highest BCUT2D eigenvalue weighted by atomic mass is 32.2. The molecule has 0 spiro atoms. The quantitative estimate of drug-likeness (QED) is 0.851. The number of nitrogens with zero attached hydrogens (tertiary/aromatic N) is 1. The van der Waals surface area contributed by atoms with E-state index in [0.717, 1.165) is 25.7 Å². The fourth-order valence-corrected chi connectivity index (χ4v) is 4.02. The van der Waals surface area contributed by atoms with Crippen LogP contribution in [0.3, 0.4) is 0 Å². The summed E-state index contributed by atoms with van der Waals surface area (Å²) in [7, 11) is -1.68. The molecule has 0 N–H and O–H groups in total. The molecular formula is C15H23NO2S. The van der Waals surface area contributed by atoms with E-state index in [-0.39, 0.29) is 6.04 Å². The van der Waals surface area contributed by atoms with Gasteiger partial charge in [0, 0.05) is 13.1 Å². The first kappa shape index (κ1) is 14.5. The maximum atomic E-state index is 12.5. The van der Waals surface area contributed by atoms with Crippen LogP contribution in [0.1, 0.15) is 44.2 Å². The summed E-state index contributed by atoms with van der Waals surface area (Å²) >= 11 is 0. The highest BCUT2D eigenvalue weighted by molar-refractivity contribution is 7.89. The Morgan fingerprint density at radius 2 is 1.84 bits per heavy atom. The van der Waals surface area contributed by atoms with Crippen molar-refractivity contribution in [2.24, 2.45) is 0 Å². The number of sulfonamides is 1. The Morgan fingerprint density at radius 1 is 1.21 bits per heavy atom. The third-order valence-electron chi connectivity index (χ3n) is 4.21. The summed E-state index contributed by atoms with van der Waals surface area (Å²) in [4.78, 5) is 0.441. The Kier molecular flexibility index (Phi) is 4.31. The molecule has 1 aliphatic rings. The second-order valence-corrected chi connectivity index (χ2v) is 7.41. The first-order chi connectivity index (χ1) is 8.96. The molecule has 19 heavy (non-hydrogen) atoms. The van der Waals surface area contributed by atoms with Crippen LogP contribution >= 0.6 is 0 Å². The lowest BCUT2D eigenvalue weighted by molar-refractivity contribution is 0.380. The Balaban J connectivity index is 2.36. The molecule has 0 aromatic heterocycles. The number of benzene rings is 1. The van der Waals surface area contributed by atoms with Gasteiger partial charge >= 0.3 is 0 Å². The normalized spacial score (nSPS) is 17.3. The van der Waals surface area contributed by atoms with E-state index >= 15 is 0 Å². The van der Waals surface area contributed by atoms with E-state index in [1.54, 1.807) is 13.1 Å². The van der Waals surface area contributed by atoms with Crippen LogP contribution in [0.5, 0.6) is 0 Å². The molecule has 106 valence electrons. The molecule has 0 fully saturated rings. The van der Waals surface area contributed by atoms with Gasteiger partial charge in [0.05, 0.1) is 4.90 Å². The molecule has 1 unspecified atom stereocenters. The summed E-state index contributed by atoms with van der Waals surface area (Å²) in [5.41, 5.74) is 2.53. The Morgan fingerprint density at radius 3 is 2.47 bits per heavy atom. The van der Waals surface area contributed by atoms with Crippen LogP contribution in [0.4, 0.5) is 0 Å². The van der Waals surface area contributed by atoms with Crippen molar-refractivity contribution in [1.82, 2.24) is 4.31 Å². The molecule has 0 saturated heterocycles. The Labute approximate surface area is 116 Å². The minimum absolute atomic E-state index is 0.0287. The molecule has 2 rings (SSSR count). The zero-order valence-corrected chi connectivity index (χ0v) is 12.8. The molecule has 0 aliphatic heterocycles. The first-order valence-corrected chi connectivity index (χ1v) is 8.50. The lowest BCUT2D eigenvalue weighted by atomic mass is 9.92. The van der Waals surface area contributed by atoms with Crippen LogP contribution < -0.4 is 0 Å². The highest BCUT2D eigenvalue weighted by Crippen LogP contribution is 2.26. The van der Waals surface area contributed by atoms with Crippen molar-refractivity contribution in [2.45, 2.75) is 56.9 Å². The Hall–Kier alpha value is -0.870. The lowest BCUT2D eigenvalue weighted by Gasteiger charge is -2.24. The van der Waals surface area contributed by atoms with Gasteiger partial charge in [-0.1, -0.05) is 13.0 Å². The molecule has 0 heterocycles. The molecule has 0 amide bonds. The van der Waals surface area contributed by atoms with Gasteiger partial charge in [0.25, 0.3) is 0 Å². The average Bonchev–Trinajstić information content (AvgIpc) is 2.45. The van der Waals surface area contributed by atoms with Crippen molar-refractivity contribution in [3.05, 3.63) is 29.3 Å². The summed E-state index contributed by atoms with van der Waals surface area (Å²) in [6.45, 7) is 3.94. The minimum atomic E-state index is -3.35. The third kappa shape index (κ3) is 2.84. The largest absolute Gasteiger partial charge is 0.243 e. The van der Waals surface area contributed by atoms with Crippen LogP contribution in [0.15, 0.2) is 23.1 Å². The van der Waals surface area contributed by atoms with Gasteiger partial charge in [-0.15, -0.1) is 0 Å².